The van der Waals surface area contributed by atoms with Gasteiger partial charge in [-0.05, 0) is 32.8 Å². The van der Waals surface area contributed by atoms with Crippen LogP contribution in [0.25, 0.3) is 0 Å². The maximum absolute atomic E-state index is 5.63. The second-order valence-electron chi connectivity index (χ2n) is 5.43. The Morgan fingerprint density at radius 3 is 2.62 bits per heavy atom. The molecule has 0 amide bonds. The zero-order valence-electron chi connectivity index (χ0n) is 10.4. The molecular weight excluding hydrogens is 198 g/mol. The Kier molecular flexibility index (Phi) is 3.31. The van der Waals surface area contributed by atoms with Gasteiger partial charge in [0, 0.05) is 11.6 Å². The van der Waals surface area contributed by atoms with Gasteiger partial charge in [-0.3, -0.25) is 0 Å². The molecule has 1 aliphatic heterocycles. The number of rotatable bonds is 2. The highest BCUT2D eigenvalue weighted by Crippen LogP contribution is 2.14. The molecule has 2 nitrogen and oxygen atoms in total. The number of aryl methyl sites for hydroxylation is 1. The summed E-state index contributed by atoms with van der Waals surface area (Å²) in [6.45, 7) is 8.12. The lowest BCUT2D eigenvalue weighted by atomic mass is 9.98. The van der Waals surface area contributed by atoms with Crippen molar-refractivity contribution >= 4 is 0 Å². The summed E-state index contributed by atoms with van der Waals surface area (Å²) in [4.78, 5) is 0. The third kappa shape index (κ3) is 3.06. The lowest BCUT2D eigenvalue weighted by Gasteiger charge is -2.37. The van der Waals surface area contributed by atoms with Crippen molar-refractivity contribution in [3.63, 3.8) is 0 Å². The summed E-state index contributed by atoms with van der Waals surface area (Å²) < 4.78 is 5.63. The number of hydrogen-bond acceptors (Lipinski definition) is 2. The van der Waals surface area contributed by atoms with Gasteiger partial charge in [-0.2, -0.15) is 0 Å². The molecule has 1 fully saturated rings. The first kappa shape index (κ1) is 11.6. The fraction of sp³-hybridized carbons (Fsp3) is 0.571. The number of nitrogens with one attached hydrogen (secondary N) is 1. The summed E-state index contributed by atoms with van der Waals surface area (Å²) in [5, 5.41) is 3.63. The molecule has 0 spiro atoms. The zero-order valence-corrected chi connectivity index (χ0v) is 10.4. The largest absolute Gasteiger partial charge is 0.378 e. The molecular formula is C14H21NO. The van der Waals surface area contributed by atoms with E-state index < -0.39 is 0 Å². The van der Waals surface area contributed by atoms with E-state index in [4.69, 9.17) is 4.74 Å². The molecule has 1 saturated heterocycles. The van der Waals surface area contributed by atoms with E-state index >= 15 is 0 Å². The van der Waals surface area contributed by atoms with Crippen molar-refractivity contribution in [1.82, 2.24) is 5.32 Å². The minimum absolute atomic E-state index is 0.105. The monoisotopic (exact) mass is 219 g/mol. The molecule has 16 heavy (non-hydrogen) atoms. The molecule has 0 radical (unpaired) electrons. The SMILES string of the molecule is Cc1ccc(CC2COCC(C)(C)N2)cc1. The molecule has 88 valence electrons. The summed E-state index contributed by atoms with van der Waals surface area (Å²) in [5.41, 5.74) is 2.80. The second-order valence-corrected chi connectivity index (χ2v) is 5.43. The van der Waals surface area contributed by atoms with Crippen LogP contribution in [0.1, 0.15) is 25.0 Å². The number of benzene rings is 1. The summed E-state index contributed by atoms with van der Waals surface area (Å²) in [6, 6.07) is 9.19. The molecule has 0 saturated carbocycles. The molecule has 1 unspecified atom stereocenters. The average Bonchev–Trinajstić information content (AvgIpc) is 2.20. The van der Waals surface area contributed by atoms with Crippen molar-refractivity contribution in [3.8, 4) is 0 Å². The van der Waals surface area contributed by atoms with Gasteiger partial charge in [0.15, 0.2) is 0 Å². The lowest BCUT2D eigenvalue weighted by Crippen LogP contribution is -2.56. The summed E-state index contributed by atoms with van der Waals surface area (Å²) >= 11 is 0. The van der Waals surface area contributed by atoms with Gasteiger partial charge in [0.25, 0.3) is 0 Å². The first-order valence-corrected chi connectivity index (χ1v) is 5.96. The van der Waals surface area contributed by atoms with E-state index in [1.807, 2.05) is 0 Å². The van der Waals surface area contributed by atoms with E-state index in [9.17, 15) is 0 Å². The van der Waals surface area contributed by atoms with Crippen LogP contribution in [0.5, 0.6) is 0 Å². The Balaban J connectivity index is 1.97. The van der Waals surface area contributed by atoms with E-state index in [2.05, 4.69) is 50.4 Å². The molecule has 0 bridgehead atoms. The summed E-state index contributed by atoms with van der Waals surface area (Å²) in [5.74, 6) is 0. The maximum Gasteiger partial charge on any atom is 0.0643 e. The summed E-state index contributed by atoms with van der Waals surface area (Å²) in [6.07, 6.45) is 1.05. The molecule has 1 aromatic carbocycles. The molecule has 1 aromatic rings. The fourth-order valence-electron chi connectivity index (χ4n) is 2.21. The lowest BCUT2D eigenvalue weighted by molar-refractivity contribution is 0.0135. The number of ether oxygens (including phenoxy) is 1. The van der Waals surface area contributed by atoms with Gasteiger partial charge in [0.2, 0.25) is 0 Å². The van der Waals surface area contributed by atoms with Crippen LogP contribution in [0.3, 0.4) is 0 Å². The molecule has 1 atom stereocenters. The molecule has 1 heterocycles. The Morgan fingerprint density at radius 1 is 1.31 bits per heavy atom. The van der Waals surface area contributed by atoms with Crippen LogP contribution >= 0.6 is 0 Å². The van der Waals surface area contributed by atoms with Gasteiger partial charge in [-0.15, -0.1) is 0 Å². The Hall–Kier alpha value is -0.860. The van der Waals surface area contributed by atoms with Crippen LogP contribution in [-0.2, 0) is 11.2 Å². The predicted octanol–water partition coefficient (Wildman–Crippen LogP) is 2.30. The number of hydrogen-bond donors (Lipinski definition) is 1. The normalized spacial score (nSPS) is 24.3. The zero-order chi connectivity index (χ0) is 11.6. The Morgan fingerprint density at radius 2 is 2.00 bits per heavy atom. The van der Waals surface area contributed by atoms with Crippen LogP contribution in [-0.4, -0.2) is 24.8 Å². The second kappa shape index (κ2) is 4.56. The topological polar surface area (TPSA) is 21.3 Å². The maximum atomic E-state index is 5.63. The van der Waals surface area contributed by atoms with E-state index in [1.54, 1.807) is 0 Å². The average molecular weight is 219 g/mol. The van der Waals surface area contributed by atoms with Gasteiger partial charge >= 0.3 is 0 Å². The van der Waals surface area contributed by atoms with Crippen LogP contribution < -0.4 is 5.32 Å². The van der Waals surface area contributed by atoms with Gasteiger partial charge in [0.1, 0.15) is 0 Å². The van der Waals surface area contributed by atoms with Gasteiger partial charge in [0.05, 0.1) is 13.2 Å². The van der Waals surface area contributed by atoms with Crippen LogP contribution in [0.15, 0.2) is 24.3 Å². The minimum atomic E-state index is 0.105. The first-order chi connectivity index (χ1) is 7.55. The minimum Gasteiger partial charge on any atom is -0.378 e. The van der Waals surface area contributed by atoms with E-state index in [0.29, 0.717) is 6.04 Å². The molecule has 1 aliphatic rings. The quantitative estimate of drug-likeness (QED) is 0.824. The summed E-state index contributed by atoms with van der Waals surface area (Å²) in [7, 11) is 0. The van der Waals surface area contributed by atoms with Gasteiger partial charge < -0.3 is 10.1 Å². The van der Waals surface area contributed by atoms with Crippen molar-refractivity contribution < 1.29 is 4.74 Å². The van der Waals surface area contributed by atoms with Crippen LogP contribution in [0, 0.1) is 6.92 Å². The van der Waals surface area contributed by atoms with Crippen molar-refractivity contribution in [1.29, 1.82) is 0 Å². The van der Waals surface area contributed by atoms with Crippen LogP contribution in [0.2, 0.25) is 0 Å². The highest BCUT2D eigenvalue weighted by atomic mass is 16.5. The molecule has 0 aliphatic carbocycles. The standard InChI is InChI=1S/C14H21NO/c1-11-4-6-12(7-5-11)8-13-9-16-10-14(2,3)15-13/h4-7,13,15H,8-10H2,1-3H3. The van der Waals surface area contributed by atoms with Crippen molar-refractivity contribution in [2.45, 2.75) is 38.8 Å². The highest BCUT2D eigenvalue weighted by Gasteiger charge is 2.27. The Labute approximate surface area is 98.0 Å². The molecule has 2 heteroatoms. The highest BCUT2D eigenvalue weighted by molar-refractivity contribution is 5.22. The molecule has 2 rings (SSSR count). The predicted molar refractivity (Wildman–Crippen MR) is 66.7 cm³/mol. The Bertz CT molecular complexity index is 342. The van der Waals surface area contributed by atoms with Gasteiger partial charge in [-0.25, -0.2) is 0 Å². The van der Waals surface area contributed by atoms with E-state index in [-0.39, 0.29) is 5.54 Å². The third-order valence-corrected chi connectivity index (χ3v) is 2.98. The molecule has 1 N–H and O–H groups in total. The number of morpholine rings is 1. The van der Waals surface area contributed by atoms with Crippen molar-refractivity contribution in [2.75, 3.05) is 13.2 Å². The van der Waals surface area contributed by atoms with E-state index in [1.165, 1.54) is 11.1 Å². The smallest absolute Gasteiger partial charge is 0.0643 e. The van der Waals surface area contributed by atoms with Crippen molar-refractivity contribution in [3.05, 3.63) is 35.4 Å². The van der Waals surface area contributed by atoms with Gasteiger partial charge in [-0.1, -0.05) is 29.8 Å². The van der Waals surface area contributed by atoms with Crippen LogP contribution in [0.4, 0.5) is 0 Å². The fourth-order valence-corrected chi connectivity index (χ4v) is 2.21. The third-order valence-electron chi connectivity index (χ3n) is 2.98. The van der Waals surface area contributed by atoms with Crippen molar-refractivity contribution in [2.24, 2.45) is 0 Å². The van der Waals surface area contributed by atoms with E-state index in [0.717, 1.165) is 19.6 Å². The molecule has 0 aromatic heterocycles. The first-order valence-electron chi connectivity index (χ1n) is 5.96.